The number of nitrogens with one attached hydrogen (secondary N) is 1. The summed E-state index contributed by atoms with van der Waals surface area (Å²) in [7, 11) is 0. The summed E-state index contributed by atoms with van der Waals surface area (Å²) < 4.78 is 5.92. The lowest BCUT2D eigenvalue weighted by Crippen LogP contribution is -2.22. The van der Waals surface area contributed by atoms with Crippen LogP contribution in [0.3, 0.4) is 0 Å². The number of hydrogen-bond donors (Lipinski definition) is 1. The van der Waals surface area contributed by atoms with Crippen molar-refractivity contribution in [2.45, 2.75) is 13.0 Å². The number of ether oxygens (including phenoxy) is 1. The molecule has 3 nitrogen and oxygen atoms in total. The molecule has 3 rings (SSSR count). The van der Waals surface area contributed by atoms with Crippen LogP contribution >= 0.6 is 0 Å². The molecule has 1 heterocycles. The van der Waals surface area contributed by atoms with Crippen molar-refractivity contribution in [2.75, 3.05) is 11.9 Å². The predicted molar refractivity (Wildman–Crippen MR) is 86.8 cm³/mol. The van der Waals surface area contributed by atoms with Crippen LogP contribution in [0.2, 0.25) is 0 Å². The molecule has 3 heteroatoms. The van der Waals surface area contributed by atoms with Gasteiger partial charge in [0.15, 0.2) is 0 Å². The molecule has 0 aliphatic rings. The van der Waals surface area contributed by atoms with E-state index >= 15 is 0 Å². The van der Waals surface area contributed by atoms with Gasteiger partial charge < -0.3 is 10.1 Å². The van der Waals surface area contributed by atoms with E-state index in [1.807, 2.05) is 67.6 Å². The third-order valence-electron chi connectivity index (χ3n) is 3.27. The first-order valence-corrected chi connectivity index (χ1v) is 7.11. The SMILES string of the molecule is CC(CNc1ccccc1)Oc1cnc2ccccc2c1. The monoisotopic (exact) mass is 278 g/mol. The summed E-state index contributed by atoms with van der Waals surface area (Å²) in [6.07, 6.45) is 1.84. The highest BCUT2D eigenvalue weighted by Gasteiger charge is 2.05. The molecule has 0 amide bonds. The number of fused-ring (bicyclic) bond motifs is 1. The Kier molecular flexibility index (Phi) is 4.01. The van der Waals surface area contributed by atoms with Crippen LogP contribution in [0.15, 0.2) is 66.9 Å². The number of benzene rings is 2. The van der Waals surface area contributed by atoms with Crippen molar-refractivity contribution in [3.05, 3.63) is 66.9 Å². The number of anilines is 1. The van der Waals surface area contributed by atoms with Gasteiger partial charge in [0.05, 0.1) is 18.3 Å². The maximum Gasteiger partial charge on any atom is 0.138 e. The molecule has 1 unspecified atom stereocenters. The highest BCUT2D eigenvalue weighted by molar-refractivity contribution is 5.79. The van der Waals surface area contributed by atoms with Crippen LogP contribution < -0.4 is 10.1 Å². The number of para-hydroxylation sites is 2. The van der Waals surface area contributed by atoms with E-state index in [4.69, 9.17) is 4.74 Å². The minimum atomic E-state index is 0.0631. The van der Waals surface area contributed by atoms with Gasteiger partial charge in [0.25, 0.3) is 0 Å². The maximum absolute atomic E-state index is 5.92. The predicted octanol–water partition coefficient (Wildman–Crippen LogP) is 4.11. The minimum Gasteiger partial charge on any atom is -0.487 e. The normalized spacial score (nSPS) is 12.0. The van der Waals surface area contributed by atoms with Gasteiger partial charge in [-0.15, -0.1) is 0 Å². The van der Waals surface area contributed by atoms with E-state index in [1.165, 1.54) is 0 Å². The fourth-order valence-corrected chi connectivity index (χ4v) is 2.21. The second-order valence-electron chi connectivity index (χ2n) is 5.04. The maximum atomic E-state index is 5.92. The van der Waals surface area contributed by atoms with E-state index in [0.717, 1.165) is 28.9 Å². The molecule has 0 bridgehead atoms. The van der Waals surface area contributed by atoms with Crippen molar-refractivity contribution < 1.29 is 4.74 Å². The summed E-state index contributed by atoms with van der Waals surface area (Å²) in [5.41, 5.74) is 2.09. The zero-order valence-corrected chi connectivity index (χ0v) is 12.0. The average molecular weight is 278 g/mol. The first-order valence-electron chi connectivity index (χ1n) is 7.11. The molecule has 0 aliphatic heterocycles. The van der Waals surface area contributed by atoms with Crippen molar-refractivity contribution in [1.82, 2.24) is 4.98 Å². The Morgan fingerprint density at radius 1 is 1.05 bits per heavy atom. The molecular weight excluding hydrogens is 260 g/mol. The summed E-state index contributed by atoms with van der Waals surface area (Å²) in [6.45, 7) is 2.79. The Balaban J connectivity index is 1.62. The Morgan fingerprint density at radius 3 is 2.67 bits per heavy atom. The number of pyridine rings is 1. The molecule has 0 aliphatic carbocycles. The lowest BCUT2D eigenvalue weighted by atomic mass is 10.2. The van der Waals surface area contributed by atoms with E-state index in [0.29, 0.717) is 0 Å². The van der Waals surface area contributed by atoms with E-state index in [9.17, 15) is 0 Å². The van der Waals surface area contributed by atoms with Crippen molar-refractivity contribution in [2.24, 2.45) is 0 Å². The largest absolute Gasteiger partial charge is 0.487 e. The first kappa shape index (κ1) is 13.4. The van der Waals surface area contributed by atoms with Crippen molar-refractivity contribution in [3.8, 4) is 5.75 Å². The molecule has 1 atom stereocenters. The van der Waals surface area contributed by atoms with Crippen LogP contribution in [0.5, 0.6) is 5.75 Å². The van der Waals surface area contributed by atoms with Crippen LogP contribution in [0.25, 0.3) is 10.9 Å². The third kappa shape index (κ3) is 3.51. The second kappa shape index (κ2) is 6.27. The molecule has 2 aromatic carbocycles. The van der Waals surface area contributed by atoms with Gasteiger partial charge in [0, 0.05) is 11.1 Å². The highest BCUT2D eigenvalue weighted by Crippen LogP contribution is 2.19. The molecule has 0 saturated heterocycles. The average Bonchev–Trinajstić information content (AvgIpc) is 2.54. The van der Waals surface area contributed by atoms with Gasteiger partial charge in [0.1, 0.15) is 11.9 Å². The fourth-order valence-electron chi connectivity index (χ4n) is 2.21. The van der Waals surface area contributed by atoms with Crippen LogP contribution in [0.1, 0.15) is 6.92 Å². The van der Waals surface area contributed by atoms with Crippen LogP contribution in [0.4, 0.5) is 5.69 Å². The summed E-state index contributed by atoms with van der Waals surface area (Å²) in [5.74, 6) is 0.802. The quantitative estimate of drug-likeness (QED) is 0.762. The van der Waals surface area contributed by atoms with Crippen molar-refractivity contribution in [1.29, 1.82) is 0 Å². The number of aromatic nitrogens is 1. The summed E-state index contributed by atoms with van der Waals surface area (Å²) in [4.78, 5) is 4.41. The molecule has 1 aromatic heterocycles. The van der Waals surface area contributed by atoms with E-state index in [-0.39, 0.29) is 6.10 Å². The van der Waals surface area contributed by atoms with Gasteiger partial charge in [-0.3, -0.25) is 4.98 Å². The Morgan fingerprint density at radius 2 is 1.81 bits per heavy atom. The standard InChI is InChI=1S/C18H18N2O/c1-14(12-19-16-8-3-2-4-9-16)21-17-11-15-7-5-6-10-18(15)20-13-17/h2-11,13-14,19H,12H2,1H3. The molecule has 1 N–H and O–H groups in total. The van der Waals surface area contributed by atoms with Gasteiger partial charge in [-0.05, 0) is 31.2 Å². The van der Waals surface area contributed by atoms with Gasteiger partial charge in [-0.25, -0.2) is 0 Å². The summed E-state index contributed by atoms with van der Waals surface area (Å²) in [6, 6.07) is 20.2. The number of rotatable bonds is 5. The fraction of sp³-hybridized carbons (Fsp3) is 0.167. The van der Waals surface area contributed by atoms with E-state index < -0.39 is 0 Å². The van der Waals surface area contributed by atoms with Crippen molar-refractivity contribution in [3.63, 3.8) is 0 Å². The number of hydrogen-bond acceptors (Lipinski definition) is 3. The molecule has 21 heavy (non-hydrogen) atoms. The molecule has 106 valence electrons. The molecule has 0 spiro atoms. The van der Waals surface area contributed by atoms with E-state index in [2.05, 4.69) is 10.3 Å². The molecule has 0 saturated carbocycles. The lowest BCUT2D eigenvalue weighted by Gasteiger charge is -2.16. The Bertz CT molecular complexity index is 712. The first-order chi connectivity index (χ1) is 10.3. The zero-order valence-electron chi connectivity index (χ0n) is 12.0. The second-order valence-corrected chi connectivity index (χ2v) is 5.04. The molecule has 0 fully saturated rings. The zero-order chi connectivity index (χ0) is 14.5. The van der Waals surface area contributed by atoms with Gasteiger partial charge >= 0.3 is 0 Å². The third-order valence-corrected chi connectivity index (χ3v) is 3.27. The van der Waals surface area contributed by atoms with Gasteiger partial charge in [-0.2, -0.15) is 0 Å². The highest BCUT2D eigenvalue weighted by atomic mass is 16.5. The van der Waals surface area contributed by atoms with Gasteiger partial charge in [-0.1, -0.05) is 36.4 Å². The van der Waals surface area contributed by atoms with E-state index in [1.54, 1.807) is 6.20 Å². The van der Waals surface area contributed by atoms with Gasteiger partial charge in [0.2, 0.25) is 0 Å². The molecule has 3 aromatic rings. The topological polar surface area (TPSA) is 34.1 Å². The molecular formula is C18H18N2O. The van der Waals surface area contributed by atoms with Crippen LogP contribution in [-0.2, 0) is 0 Å². The summed E-state index contributed by atoms with van der Waals surface area (Å²) in [5, 5.41) is 4.45. The smallest absolute Gasteiger partial charge is 0.138 e. The minimum absolute atomic E-state index is 0.0631. The lowest BCUT2D eigenvalue weighted by molar-refractivity contribution is 0.234. The van der Waals surface area contributed by atoms with Crippen LogP contribution in [-0.4, -0.2) is 17.6 Å². The molecule has 0 radical (unpaired) electrons. The summed E-state index contributed by atoms with van der Waals surface area (Å²) >= 11 is 0. The number of nitrogens with zero attached hydrogens (tertiary/aromatic N) is 1. The van der Waals surface area contributed by atoms with Crippen molar-refractivity contribution >= 4 is 16.6 Å². The Hall–Kier alpha value is -2.55. The Labute approximate surface area is 124 Å². The van der Waals surface area contributed by atoms with Crippen LogP contribution in [0, 0.1) is 0 Å².